The molecule has 2 rings (SSSR count). The molecule has 6 heteroatoms. The number of methoxy groups -OCH3 is 1. The number of ether oxygens (including phenoxy) is 1. The molecule has 5 nitrogen and oxygen atoms in total. The molecular formula is C19H21ClN2O3. The monoisotopic (exact) mass is 360 g/mol. The Balaban J connectivity index is 2.09. The van der Waals surface area contributed by atoms with Crippen molar-refractivity contribution in [2.24, 2.45) is 0 Å². The van der Waals surface area contributed by atoms with Gasteiger partial charge in [0, 0.05) is 18.5 Å². The predicted octanol–water partition coefficient (Wildman–Crippen LogP) is 3.64. The van der Waals surface area contributed by atoms with Crippen molar-refractivity contribution < 1.29 is 14.3 Å². The van der Waals surface area contributed by atoms with Crippen molar-refractivity contribution >= 4 is 29.1 Å². The number of carbonyl (C=O) groups excluding carboxylic acids is 2. The van der Waals surface area contributed by atoms with Crippen molar-refractivity contribution in [1.82, 2.24) is 4.90 Å². The fraction of sp³-hybridized carbons (Fsp3) is 0.263. The van der Waals surface area contributed by atoms with Gasteiger partial charge in [-0.2, -0.15) is 0 Å². The summed E-state index contributed by atoms with van der Waals surface area (Å²) in [5.74, 6) is 0.0665. The van der Waals surface area contributed by atoms with E-state index >= 15 is 0 Å². The Bertz CT molecular complexity index is 777. The summed E-state index contributed by atoms with van der Waals surface area (Å²) < 4.78 is 5.25. The van der Waals surface area contributed by atoms with Gasteiger partial charge in [0.2, 0.25) is 11.8 Å². The van der Waals surface area contributed by atoms with E-state index in [0.29, 0.717) is 16.5 Å². The molecule has 0 fully saturated rings. The topological polar surface area (TPSA) is 58.6 Å². The number of hydrogen-bond donors (Lipinski definition) is 1. The molecule has 0 unspecified atom stereocenters. The summed E-state index contributed by atoms with van der Waals surface area (Å²) in [4.78, 5) is 25.7. The number of halogens is 1. The van der Waals surface area contributed by atoms with Crippen molar-refractivity contribution in [3.05, 3.63) is 58.6 Å². The molecule has 2 amide bonds. The Hall–Kier alpha value is -2.53. The molecule has 2 aromatic rings. The van der Waals surface area contributed by atoms with Gasteiger partial charge in [0.05, 0.1) is 12.8 Å². The van der Waals surface area contributed by atoms with E-state index in [0.717, 1.165) is 11.1 Å². The van der Waals surface area contributed by atoms with Crippen molar-refractivity contribution in [2.45, 2.75) is 20.4 Å². The molecule has 25 heavy (non-hydrogen) atoms. The van der Waals surface area contributed by atoms with Gasteiger partial charge in [0.25, 0.3) is 0 Å². The molecule has 0 aromatic heterocycles. The summed E-state index contributed by atoms with van der Waals surface area (Å²) in [6, 6.07) is 12.8. The standard InChI is InChI=1S/C19H21ClN2O3/c1-13-8-9-18(25-3)17(10-13)21-19(24)12-22(14(2)23)11-15-6-4-5-7-16(15)20/h4-10H,11-12H2,1-3H3,(H,21,24). The minimum Gasteiger partial charge on any atom is -0.495 e. The number of nitrogens with one attached hydrogen (secondary N) is 1. The zero-order chi connectivity index (χ0) is 18.4. The third kappa shape index (κ3) is 5.22. The average molecular weight is 361 g/mol. The first-order chi connectivity index (χ1) is 11.9. The van der Waals surface area contributed by atoms with Gasteiger partial charge in [-0.1, -0.05) is 35.9 Å². The molecule has 132 valence electrons. The van der Waals surface area contributed by atoms with Crippen molar-refractivity contribution in [3.63, 3.8) is 0 Å². The number of benzene rings is 2. The minimum atomic E-state index is -0.300. The van der Waals surface area contributed by atoms with Gasteiger partial charge in [-0.3, -0.25) is 9.59 Å². The summed E-state index contributed by atoms with van der Waals surface area (Å²) in [5.41, 5.74) is 2.37. The molecule has 0 heterocycles. The number of aryl methyl sites for hydroxylation is 1. The van der Waals surface area contributed by atoms with Gasteiger partial charge < -0.3 is 15.0 Å². The van der Waals surface area contributed by atoms with Crippen LogP contribution in [0.4, 0.5) is 5.69 Å². The maximum Gasteiger partial charge on any atom is 0.244 e. The third-order valence-corrected chi connectivity index (χ3v) is 4.10. The van der Waals surface area contributed by atoms with Gasteiger partial charge in [-0.05, 0) is 36.2 Å². The molecule has 1 N–H and O–H groups in total. The first kappa shape index (κ1) is 18.8. The number of amides is 2. The van der Waals surface area contributed by atoms with Crippen molar-refractivity contribution in [1.29, 1.82) is 0 Å². The van der Waals surface area contributed by atoms with E-state index in [1.54, 1.807) is 19.2 Å². The van der Waals surface area contributed by atoms with Crippen LogP contribution in [0.1, 0.15) is 18.1 Å². The molecule has 0 aliphatic heterocycles. The fourth-order valence-electron chi connectivity index (χ4n) is 2.39. The average Bonchev–Trinajstić information content (AvgIpc) is 2.56. The summed E-state index contributed by atoms with van der Waals surface area (Å²) in [6.45, 7) is 3.55. The fourth-order valence-corrected chi connectivity index (χ4v) is 2.59. The quantitative estimate of drug-likeness (QED) is 0.855. The Morgan fingerprint density at radius 3 is 2.56 bits per heavy atom. The molecule has 0 spiro atoms. The second-order valence-electron chi connectivity index (χ2n) is 5.72. The van der Waals surface area contributed by atoms with E-state index in [9.17, 15) is 9.59 Å². The molecular weight excluding hydrogens is 340 g/mol. The highest BCUT2D eigenvalue weighted by Crippen LogP contribution is 2.25. The van der Waals surface area contributed by atoms with E-state index in [2.05, 4.69) is 5.32 Å². The largest absolute Gasteiger partial charge is 0.495 e. The Morgan fingerprint density at radius 1 is 1.20 bits per heavy atom. The van der Waals surface area contributed by atoms with E-state index in [-0.39, 0.29) is 24.9 Å². The molecule has 2 aromatic carbocycles. The van der Waals surface area contributed by atoms with Crippen LogP contribution in [0.2, 0.25) is 5.02 Å². The lowest BCUT2D eigenvalue weighted by atomic mass is 10.2. The van der Waals surface area contributed by atoms with Gasteiger partial charge in [-0.15, -0.1) is 0 Å². The van der Waals surface area contributed by atoms with Crippen LogP contribution in [0.5, 0.6) is 5.75 Å². The molecule has 0 aliphatic carbocycles. The summed E-state index contributed by atoms with van der Waals surface area (Å²) in [6.07, 6.45) is 0. The van der Waals surface area contributed by atoms with Gasteiger partial charge >= 0.3 is 0 Å². The number of carbonyl (C=O) groups is 2. The summed E-state index contributed by atoms with van der Waals surface area (Å²) in [7, 11) is 1.54. The Morgan fingerprint density at radius 2 is 1.92 bits per heavy atom. The Kier molecular flexibility index (Phi) is 6.42. The maximum atomic E-state index is 12.4. The zero-order valence-corrected chi connectivity index (χ0v) is 15.3. The van der Waals surface area contributed by atoms with Crippen LogP contribution < -0.4 is 10.1 Å². The Labute approximate surface area is 152 Å². The van der Waals surface area contributed by atoms with Gasteiger partial charge in [-0.25, -0.2) is 0 Å². The number of nitrogens with zero attached hydrogens (tertiary/aromatic N) is 1. The van der Waals surface area contributed by atoms with E-state index in [4.69, 9.17) is 16.3 Å². The zero-order valence-electron chi connectivity index (χ0n) is 14.5. The highest BCUT2D eigenvalue weighted by Gasteiger charge is 2.16. The molecule has 0 atom stereocenters. The van der Waals surface area contributed by atoms with Gasteiger partial charge in [0.1, 0.15) is 12.3 Å². The second kappa shape index (κ2) is 8.53. The molecule has 0 radical (unpaired) electrons. The van der Waals surface area contributed by atoms with Gasteiger partial charge in [0.15, 0.2) is 0 Å². The van der Waals surface area contributed by atoms with Crippen LogP contribution in [0.25, 0.3) is 0 Å². The highest BCUT2D eigenvalue weighted by atomic mass is 35.5. The smallest absolute Gasteiger partial charge is 0.244 e. The summed E-state index contributed by atoms with van der Waals surface area (Å²) in [5, 5.41) is 3.36. The number of hydrogen-bond acceptors (Lipinski definition) is 3. The van der Waals surface area contributed by atoms with Crippen molar-refractivity contribution in [2.75, 3.05) is 19.0 Å². The molecule has 0 aliphatic rings. The maximum absolute atomic E-state index is 12.4. The van der Waals surface area contributed by atoms with Crippen LogP contribution in [0.15, 0.2) is 42.5 Å². The molecule has 0 saturated heterocycles. The van der Waals surface area contributed by atoms with E-state index in [1.807, 2.05) is 37.3 Å². The molecule has 0 bridgehead atoms. The second-order valence-corrected chi connectivity index (χ2v) is 6.13. The lowest BCUT2D eigenvalue weighted by molar-refractivity contribution is -0.133. The molecule has 0 saturated carbocycles. The number of anilines is 1. The van der Waals surface area contributed by atoms with Crippen LogP contribution in [0, 0.1) is 6.92 Å². The minimum absolute atomic E-state index is 0.0718. The van der Waals surface area contributed by atoms with Crippen LogP contribution in [-0.2, 0) is 16.1 Å². The van der Waals surface area contributed by atoms with Crippen molar-refractivity contribution in [3.8, 4) is 5.75 Å². The van der Waals surface area contributed by atoms with E-state index in [1.165, 1.54) is 11.8 Å². The normalized spacial score (nSPS) is 10.2. The van der Waals surface area contributed by atoms with Crippen LogP contribution in [-0.4, -0.2) is 30.4 Å². The van der Waals surface area contributed by atoms with Crippen LogP contribution >= 0.6 is 11.6 Å². The number of rotatable bonds is 6. The first-order valence-electron chi connectivity index (χ1n) is 7.84. The summed E-state index contributed by atoms with van der Waals surface area (Å²) >= 11 is 6.14. The highest BCUT2D eigenvalue weighted by molar-refractivity contribution is 6.31. The SMILES string of the molecule is COc1ccc(C)cc1NC(=O)CN(Cc1ccccc1Cl)C(C)=O. The predicted molar refractivity (Wildman–Crippen MR) is 98.9 cm³/mol. The van der Waals surface area contributed by atoms with E-state index < -0.39 is 0 Å². The third-order valence-electron chi connectivity index (χ3n) is 3.73. The lowest BCUT2D eigenvalue weighted by Crippen LogP contribution is -2.36. The van der Waals surface area contributed by atoms with Crippen LogP contribution in [0.3, 0.4) is 0 Å². The first-order valence-corrected chi connectivity index (χ1v) is 8.22. The lowest BCUT2D eigenvalue weighted by Gasteiger charge is -2.21.